The number of hydrogen-bond acceptors (Lipinski definition) is 5. The molecule has 1 aliphatic carbocycles. The van der Waals surface area contributed by atoms with E-state index < -0.39 is 24.1 Å². The highest BCUT2D eigenvalue weighted by molar-refractivity contribution is 6.08. The van der Waals surface area contributed by atoms with E-state index in [1.165, 1.54) is 0 Å². The number of likely N-dealkylation sites (tertiary alicyclic amines) is 1. The van der Waals surface area contributed by atoms with Gasteiger partial charge in [-0.25, -0.2) is 4.79 Å². The van der Waals surface area contributed by atoms with Gasteiger partial charge in [0.25, 0.3) is 11.8 Å². The van der Waals surface area contributed by atoms with Gasteiger partial charge in [0.05, 0.1) is 0 Å². The first-order valence-electron chi connectivity index (χ1n) is 9.09. The molecule has 0 aromatic heterocycles. The van der Waals surface area contributed by atoms with E-state index in [1.807, 2.05) is 0 Å². The second-order valence-electron chi connectivity index (χ2n) is 7.07. The first kappa shape index (κ1) is 17.7. The second-order valence-corrected chi connectivity index (χ2v) is 7.07. The minimum atomic E-state index is -0.834. The molecule has 3 fully saturated rings. The van der Waals surface area contributed by atoms with Crippen molar-refractivity contribution < 1.29 is 23.9 Å². The largest absolute Gasteiger partial charge is 0.454 e. The molecule has 1 saturated carbocycles. The van der Waals surface area contributed by atoms with Crippen molar-refractivity contribution in [3.8, 4) is 0 Å². The molecule has 0 aromatic rings. The number of esters is 1. The van der Waals surface area contributed by atoms with E-state index in [4.69, 9.17) is 4.74 Å². The van der Waals surface area contributed by atoms with Crippen LogP contribution in [0.5, 0.6) is 0 Å². The molecule has 0 radical (unpaired) electrons. The summed E-state index contributed by atoms with van der Waals surface area (Å²) in [5.41, 5.74) is -0.834. The predicted octanol–water partition coefficient (Wildman–Crippen LogP) is 0.797. The maximum absolute atomic E-state index is 12.5. The second kappa shape index (κ2) is 7.41. The Morgan fingerprint density at radius 3 is 2.28 bits per heavy atom. The molecule has 25 heavy (non-hydrogen) atoms. The number of carbonyl (C=O) groups is 4. The van der Waals surface area contributed by atoms with Gasteiger partial charge in [0, 0.05) is 13.1 Å². The zero-order valence-corrected chi connectivity index (χ0v) is 14.4. The molecule has 1 N–H and O–H groups in total. The summed E-state index contributed by atoms with van der Waals surface area (Å²) in [5, 5.41) is 2.71. The first-order valence-corrected chi connectivity index (χ1v) is 9.09. The van der Waals surface area contributed by atoms with E-state index >= 15 is 0 Å². The van der Waals surface area contributed by atoms with Gasteiger partial charge in [0.1, 0.15) is 12.1 Å². The third-order valence-electron chi connectivity index (χ3n) is 5.31. The number of urea groups is 1. The van der Waals surface area contributed by atoms with Crippen molar-refractivity contribution >= 4 is 23.8 Å². The molecule has 2 saturated heterocycles. The number of hydrogen-bond donors (Lipinski definition) is 1. The summed E-state index contributed by atoms with van der Waals surface area (Å²) in [6, 6.07) is -0.553. The molecule has 8 nitrogen and oxygen atoms in total. The molecule has 0 aromatic carbocycles. The van der Waals surface area contributed by atoms with Crippen LogP contribution in [0.2, 0.25) is 0 Å². The maximum Gasteiger partial charge on any atom is 0.326 e. The molecule has 8 heteroatoms. The average Bonchev–Trinajstić information content (AvgIpc) is 3.01. The Hall–Kier alpha value is -2.12. The van der Waals surface area contributed by atoms with Crippen LogP contribution in [0.4, 0.5) is 4.79 Å². The van der Waals surface area contributed by atoms with Crippen LogP contribution in [0.3, 0.4) is 0 Å². The minimum Gasteiger partial charge on any atom is -0.454 e. The Bertz CT molecular complexity index is 563. The summed E-state index contributed by atoms with van der Waals surface area (Å²) >= 11 is 0. The van der Waals surface area contributed by atoms with Gasteiger partial charge in [-0.2, -0.15) is 0 Å². The Morgan fingerprint density at radius 1 is 1.00 bits per heavy atom. The van der Waals surface area contributed by atoms with E-state index in [0.29, 0.717) is 25.9 Å². The van der Waals surface area contributed by atoms with Gasteiger partial charge in [0.2, 0.25) is 0 Å². The minimum absolute atomic E-state index is 0.222. The predicted molar refractivity (Wildman–Crippen MR) is 87.5 cm³/mol. The number of amides is 4. The number of nitrogens with one attached hydrogen (secondary N) is 1. The lowest BCUT2D eigenvalue weighted by molar-refractivity contribution is -0.153. The third kappa shape index (κ3) is 3.77. The van der Waals surface area contributed by atoms with Gasteiger partial charge < -0.3 is 15.0 Å². The highest BCUT2D eigenvalue weighted by Crippen LogP contribution is 2.34. The average molecular weight is 351 g/mol. The van der Waals surface area contributed by atoms with Gasteiger partial charge in [-0.15, -0.1) is 0 Å². The van der Waals surface area contributed by atoms with Crippen LogP contribution >= 0.6 is 0 Å². The molecule has 0 unspecified atom stereocenters. The molecule has 3 aliphatic rings. The smallest absolute Gasteiger partial charge is 0.326 e. The standard InChI is InChI=1S/C17H25N3O5/c21-13(19-9-5-1-2-6-10-19)12-25-14(22)11-20-15(23)17(18-16(20)24)7-3-4-8-17/h1-12H2,(H,18,24). The SMILES string of the molecule is O=C(CN1C(=O)NC2(CCCC2)C1=O)OCC(=O)N1CCCCCC1. The molecule has 3 rings (SSSR count). The van der Waals surface area contributed by atoms with Crippen molar-refractivity contribution in [3.63, 3.8) is 0 Å². The van der Waals surface area contributed by atoms with E-state index in [9.17, 15) is 19.2 Å². The van der Waals surface area contributed by atoms with Crippen LogP contribution in [-0.2, 0) is 19.1 Å². The zero-order chi connectivity index (χ0) is 17.9. The molecule has 2 aliphatic heterocycles. The maximum atomic E-state index is 12.5. The third-order valence-corrected chi connectivity index (χ3v) is 5.31. The summed E-state index contributed by atoms with van der Waals surface area (Å²) in [6.07, 6.45) is 7.12. The zero-order valence-electron chi connectivity index (χ0n) is 14.4. The van der Waals surface area contributed by atoms with Crippen LogP contribution in [0.1, 0.15) is 51.4 Å². The molecule has 0 bridgehead atoms. The summed E-state index contributed by atoms with van der Waals surface area (Å²) in [4.78, 5) is 51.2. The Kier molecular flexibility index (Phi) is 5.24. The lowest BCUT2D eigenvalue weighted by Crippen LogP contribution is -2.44. The topological polar surface area (TPSA) is 96.0 Å². The molecular weight excluding hydrogens is 326 g/mol. The summed E-state index contributed by atoms with van der Waals surface area (Å²) in [6.45, 7) is 0.588. The molecular formula is C17H25N3O5. The van der Waals surface area contributed by atoms with Crippen molar-refractivity contribution in [2.24, 2.45) is 0 Å². The Labute approximate surface area is 146 Å². The fourth-order valence-corrected chi connectivity index (χ4v) is 3.87. The van der Waals surface area contributed by atoms with E-state index in [-0.39, 0.29) is 18.4 Å². The lowest BCUT2D eigenvalue weighted by atomic mass is 9.98. The highest BCUT2D eigenvalue weighted by Gasteiger charge is 2.52. The van der Waals surface area contributed by atoms with E-state index in [0.717, 1.165) is 43.4 Å². The lowest BCUT2D eigenvalue weighted by Gasteiger charge is -2.21. The fourth-order valence-electron chi connectivity index (χ4n) is 3.87. The van der Waals surface area contributed by atoms with Crippen molar-refractivity contribution in [1.29, 1.82) is 0 Å². The van der Waals surface area contributed by atoms with Crippen molar-refractivity contribution in [2.45, 2.75) is 56.9 Å². The van der Waals surface area contributed by atoms with Gasteiger partial charge in [0.15, 0.2) is 6.61 Å². The summed E-state index contributed by atoms with van der Waals surface area (Å²) < 4.78 is 5.00. The number of nitrogens with zero attached hydrogens (tertiary/aromatic N) is 2. The van der Waals surface area contributed by atoms with Gasteiger partial charge in [-0.3, -0.25) is 19.3 Å². The van der Waals surface area contributed by atoms with E-state index in [1.54, 1.807) is 4.90 Å². The van der Waals surface area contributed by atoms with Crippen LogP contribution in [0.15, 0.2) is 0 Å². The molecule has 138 valence electrons. The highest BCUT2D eigenvalue weighted by atomic mass is 16.5. The van der Waals surface area contributed by atoms with Crippen molar-refractivity contribution in [2.75, 3.05) is 26.2 Å². The Morgan fingerprint density at radius 2 is 1.64 bits per heavy atom. The number of carbonyl (C=O) groups excluding carboxylic acids is 4. The Balaban J connectivity index is 1.48. The van der Waals surface area contributed by atoms with Gasteiger partial charge in [-0.05, 0) is 25.7 Å². The van der Waals surface area contributed by atoms with Crippen LogP contribution < -0.4 is 5.32 Å². The van der Waals surface area contributed by atoms with Crippen LogP contribution in [-0.4, -0.2) is 65.4 Å². The number of imide groups is 1. The van der Waals surface area contributed by atoms with Crippen molar-refractivity contribution in [3.05, 3.63) is 0 Å². The molecule has 0 atom stereocenters. The van der Waals surface area contributed by atoms with Gasteiger partial charge in [-0.1, -0.05) is 25.7 Å². The summed E-state index contributed by atoms with van der Waals surface area (Å²) in [7, 11) is 0. The van der Waals surface area contributed by atoms with E-state index in [2.05, 4.69) is 5.32 Å². The molecule has 4 amide bonds. The fraction of sp³-hybridized carbons (Fsp3) is 0.765. The first-order chi connectivity index (χ1) is 12.0. The van der Waals surface area contributed by atoms with Crippen molar-refractivity contribution in [1.82, 2.24) is 15.1 Å². The normalized spacial score (nSPS) is 22.9. The quantitative estimate of drug-likeness (QED) is 0.597. The number of rotatable bonds is 4. The molecule has 2 heterocycles. The summed E-state index contributed by atoms with van der Waals surface area (Å²) in [5.74, 6) is -1.31. The monoisotopic (exact) mass is 351 g/mol. The number of ether oxygens (including phenoxy) is 1. The molecule has 1 spiro atoms. The van der Waals surface area contributed by atoms with Crippen LogP contribution in [0.25, 0.3) is 0 Å². The van der Waals surface area contributed by atoms with Crippen LogP contribution in [0, 0.1) is 0 Å². The van der Waals surface area contributed by atoms with Gasteiger partial charge >= 0.3 is 12.0 Å².